The quantitative estimate of drug-likeness (QED) is 0.159. The van der Waals surface area contributed by atoms with Gasteiger partial charge in [-0.1, -0.05) is 72.8 Å². The predicted molar refractivity (Wildman–Crippen MR) is 254 cm³/mol. The van der Waals surface area contributed by atoms with Gasteiger partial charge in [0.25, 0.3) is 0 Å². The largest absolute Gasteiger partial charge is 0.453 e. The zero-order chi connectivity index (χ0) is 43.6. The fourth-order valence-corrected chi connectivity index (χ4v) is 9.32. The SMILES string of the molecule is c1ccc2c(c1)Oc1ccccc1N2c1c(-c2cncnc2)c(N2c3ccccc3Oc3ccccc32)c(-c2cncnc2)c(N2c3ccccc3Oc3ccccc32)c1-c1cncnc1. The summed E-state index contributed by atoms with van der Waals surface area (Å²) in [5, 5.41) is 0. The van der Waals surface area contributed by atoms with Crippen LogP contribution in [0.15, 0.2) is 202 Å². The molecule has 0 bridgehead atoms. The number of aromatic nitrogens is 6. The summed E-state index contributed by atoms with van der Waals surface area (Å²) in [6.07, 6.45) is 15.8. The highest BCUT2D eigenvalue weighted by Gasteiger charge is 2.42. The monoisotopic (exact) mass is 855 g/mol. The zero-order valence-corrected chi connectivity index (χ0v) is 34.8. The fourth-order valence-electron chi connectivity index (χ4n) is 9.32. The standard InChI is InChI=1S/C54H33N9O3/c1-7-19-43-37(13-1)61(38-14-2-8-20-44(38)64-43)52-49(34-25-55-31-56-26-34)53(62-39-15-3-9-21-45(39)65-46-22-10-4-16-40(46)62)51(36-29-59-33-60-30-36)54(50(52)35-27-57-32-58-28-35)63-41-17-5-11-23-47(41)66-48-24-12-6-18-42(48)63/h1-33H. The summed E-state index contributed by atoms with van der Waals surface area (Å²) >= 11 is 0. The van der Waals surface area contributed by atoms with Gasteiger partial charge in [0.2, 0.25) is 0 Å². The van der Waals surface area contributed by atoms with E-state index in [0.29, 0.717) is 34.5 Å². The maximum Gasteiger partial charge on any atom is 0.151 e. The van der Waals surface area contributed by atoms with Gasteiger partial charge < -0.3 is 28.9 Å². The third kappa shape index (κ3) is 5.78. The number of fused-ring (bicyclic) bond motifs is 6. The highest BCUT2D eigenvalue weighted by Crippen LogP contribution is 2.67. The van der Waals surface area contributed by atoms with Crippen molar-refractivity contribution in [1.82, 2.24) is 29.9 Å². The maximum absolute atomic E-state index is 6.73. The van der Waals surface area contributed by atoms with Crippen LogP contribution in [0, 0.1) is 0 Å². The summed E-state index contributed by atoms with van der Waals surface area (Å²) in [4.78, 5) is 35.1. The average Bonchev–Trinajstić information content (AvgIpc) is 3.39. The molecule has 12 heteroatoms. The zero-order valence-electron chi connectivity index (χ0n) is 34.8. The Morgan fingerprint density at radius 1 is 0.258 bits per heavy atom. The van der Waals surface area contributed by atoms with E-state index in [1.165, 1.54) is 0 Å². The molecular formula is C54H33N9O3. The second kappa shape index (κ2) is 15.1. The van der Waals surface area contributed by atoms with Crippen LogP contribution in [-0.4, -0.2) is 29.9 Å². The first-order valence-corrected chi connectivity index (χ1v) is 21.3. The molecule has 3 aliphatic heterocycles. The maximum atomic E-state index is 6.73. The molecule has 0 saturated carbocycles. The van der Waals surface area contributed by atoms with Crippen molar-refractivity contribution in [3.63, 3.8) is 0 Å². The first-order chi connectivity index (χ1) is 32.8. The minimum atomic E-state index is 0.675. The summed E-state index contributed by atoms with van der Waals surface area (Å²) in [5.74, 6) is 4.05. The number of hydrogen-bond acceptors (Lipinski definition) is 12. The van der Waals surface area contributed by atoms with Gasteiger partial charge in [0.05, 0.1) is 51.2 Å². The number of hydrogen-bond donors (Lipinski definition) is 0. The Morgan fingerprint density at radius 2 is 0.455 bits per heavy atom. The molecule has 0 N–H and O–H groups in total. The average molecular weight is 856 g/mol. The van der Waals surface area contributed by atoms with Crippen LogP contribution in [0.4, 0.5) is 51.2 Å². The minimum absolute atomic E-state index is 0.675. The number of rotatable bonds is 6. The molecule has 3 aromatic heterocycles. The van der Waals surface area contributed by atoms with Gasteiger partial charge in [0.15, 0.2) is 34.5 Å². The molecule has 13 rings (SSSR count). The van der Waals surface area contributed by atoms with Gasteiger partial charge >= 0.3 is 0 Å². The van der Waals surface area contributed by atoms with Crippen molar-refractivity contribution in [3.05, 3.63) is 202 Å². The first kappa shape index (κ1) is 37.2. The Labute approximate surface area is 378 Å². The molecule has 66 heavy (non-hydrogen) atoms. The second-order valence-electron chi connectivity index (χ2n) is 15.7. The van der Waals surface area contributed by atoms with E-state index in [-0.39, 0.29) is 0 Å². The normalized spacial score (nSPS) is 12.8. The summed E-state index contributed by atoms with van der Waals surface area (Å²) in [6.45, 7) is 0. The number of nitrogens with zero attached hydrogens (tertiary/aromatic N) is 9. The molecule has 0 unspecified atom stereocenters. The number of para-hydroxylation sites is 12. The number of ether oxygens (including phenoxy) is 3. The molecule has 6 heterocycles. The molecule has 0 fully saturated rings. The number of benzene rings is 7. The molecule has 0 amide bonds. The predicted octanol–water partition coefficient (Wildman–Crippen LogP) is 13.8. The van der Waals surface area contributed by atoms with Crippen molar-refractivity contribution >= 4 is 51.2 Å². The van der Waals surface area contributed by atoms with E-state index in [4.69, 9.17) is 44.1 Å². The van der Waals surface area contributed by atoms with Crippen LogP contribution in [0.2, 0.25) is 0 Å². The summed E-state index contributed by atoms with van der Waals surface area (Å²) < 4.78 is 20.2. The van der Waals surface area contributed by atoms with Crippen molar-refractivity contribution in [2.75, 3.05) is 14.7 Å². The van der Waals surface area contributed by atoms with Crippen LogP contribution >= 0.6 is 0 Å². The topological polar surface area (TPSA) is 115 Å². The lowest BCUT2D eigenvalue weighted by atomic mass is 9.85. The Bertz CT molecular complexity index is 2980. The summed E-state index contributed by atoms with van der Waals surface area (Å²) in [7, 11) is 0. The van der Waals surface area contributed by atoms with Crippen molar-refractivity contribution in [2.24, 2.45) is 0 Å². The van der Waals surface area contributed by atoms with Crippen LogP contribution in [0.25, 0.3) is 33.4 Å². The fraction of sp³-hybridized carbons (Fsp3) is 0. The van der Waals surface area contributed by atoms with Gasteiger partial charge in [-0.3, -0.25) is 0 Å². The van der Waals surface area contributed by atoms with Crippen LogP contribution in [0.3, 0.4) is 0 Å². The van der Waals surface area contributed by atoms with Gasteiger partial charge in [-0.25, -0.2) is 29.9 Å². The van der Waals surface area contributed by atoms with E-state index in [2.05, 4.69) is 51.1 Å². The highest BCUT2D eigenvalue weighted by molar-refractivity contribution is 6.19. The Morgan fingerprint density at radius 3 is 0.667 bits per heavy atom. The van der Waals surface area contributed by atoms with E-state index < -0.39 is 0 Å². The van der Waals surface area contributed by atoms with Gasteiger partial charge in [0.1, 0.15) is 19.0 Å². The van der Waals surface area contributed by atoms with Crippen LogP contribution in [-0.2, 0) is 0 Å². The van der Waals surface area contributed by atoms with Crippen LogP contribution < -0.4 is 28.9 Å². The molecule has 312 valence electrons. The van der Waals surface area contributed by atoms with E-state index in [9.17, 15) is 0 Å². The molecule has 7 aromatic carbocycles. The van der Waals surface area contributed by atoms with Crippen molar-refractivity contribution < 1.29 is 14.2 Å². The molecule has 0 radical (unpaired) electrons. The van der Waals surface area contributed by atoms with Crippen LogP contribution in [0.1, 0.15) is 0 Å². The Kier molecular flexibility index (Phi) is 8.52. The minimum Gasteiger partial charge on any atom is -0.453 e. The summed E-state index contributed by atoms with van der Waals surface area (Å²) in [5.41, 5.74) is 11.7. The van der Waals surface area contributed by atoms with Crippen LogP contribution in [0.5, 0.6) is 34.5 Å². The van der Waals surface area contributed by atoms with Crippen molar-refractivity contribution in [2.45, 2.75) is 0 Å². The third-order valence-corrected chi connectivity index (χ3v) is 11.9. The lowest BCUT2D eigenvalue weighted by Crippen LogP contribution is -2.24. The van der Waals surface area contributed by atoms with Crippen molar-refractivity contribution in [1.29, 1.82) is 0 Å². The molecule has 3 aliphatic rings. The van der Waals surface area contributed by atoms with Gasteiger partial charge in [-0.05, 0) is 72.8 Å². The summed E-state index contributed by atoms with van der Waals surface area (Å²) in [6, 6.07) is 48.6. The Balaban J connectivity index is 1.34. The molecule has 0 aliphatic carbocycles. The molecular weight excluding hydrogens is 823 g/mol. The van der Waals surface area contributed by atoms with Crippen molar-refractivity contribution in [3.8, 4) is 67.9 Å². The second-order valence-corrected chi connectivity index (χ2v) is 15.7. The van der Waals surface area contributed by atoms with E-state index in [1.807, 2.05) is 146 Å². The third-order valence-electron chi connectivity index (χ3n) is 11.9. The smallest absolute Gasteiger partial charge is 0.151 e. The van der Waals surface area contributed by atoms with E-state index in [1.54, 1.807) is 19.0 Å². The first-order valence-electron chi connectivity index (χ1n) is 21.3. The lowest BCUT2D eigenvalue weighted by molar-refractivity contribution is 0.477. The van der Waals surface area contributed by atoms with Gasteiger partial charge in [0, 0.05) is 70.6 Å². The molecule has 10 aromatic rings. The van der Waals surface area contributed by atoms with E-state index >= 15 is 0 Å². The highest BCUT2D eigenvalue weighted by atomic mass is 16.5. The van der Waals surface area contributed by atoms with Gasteiger partial charge in [-0.15, -0.1) is 0 Å². The molecule has 0 saturated heterocycles. The van der Waals surface area contributed by atoms with E-state index in [0.717, 1.165) is 84.6 Å². The molecule has 12 nitrogen and oxygen atoms in total. The Hall–Kier alpha value is -9.42. The molecule has 0 spiro atoms. The van der Waals surface area contributed by atoms with Gasteiger partial charge in [-0.2, -0.15) is 0 Å². The lowest BCUT2D eigenvalue weighted by Gasteiger charge is -2.43. The molecule has 0 atom stereocenters. The number of anilines is 9.